The molecule has 1 amide bonds. The number of esters is 1. The predicted molar refractivity (Wildman–Crippen MR) is 119 cm³/mol. The molecule has 0 rings (SSSR count). The summed E-state index contributed by atoms with van der Waals surface area (Å²) in [6, 6.07) is 0. The molecule has 0 fully saturated rings. The van der Waals surface area contributed by atoms with Crippen molar-refractivity contribution in [1.29, 1.82) is 0 Å². The van der Waals surface area contributed by atoms with Crippen molar-refractivity contribution in [2.75, 3.05) is 46.9 Å². The van der Waals surface area contributed by atoms with Crippen molar-refractivity contribution in [3.8, 4) is 0 Å². The highest BCUT2D eigenvalue weighted by Gasteiger charge is 2.15. The number of ether oxygens (including phenoxy) is 2. The highest BCUT2D eigenvalue weighted by atomic mass is 16.6. The molecule has 0 aliphatic heterocycles. The van der Waals surface area contributed by atoms with E-state index < -0.39 is 12.1 Å². The molecule has 0 aromatic heterocycles. The predicted octanol–water partition coefficient (Wildman–Crippen LogP) is 4.83. The van der Waals surface area contributed by atoms with E-state index in [1.807, 2.05) is 0 Å². The molecule has 0 radical (unpaired) electrons. The van der Waals surface area contributed by atoms with Gasteiger partial charge < -0.3 is 19.3 Å². The number of quaternary nitrogens is 1. The van der Waals surface area contributed by atoms with Crippen LogP contribution in [0.5, 0.6) is 0 Å². The number of nitrogens with one attached hydrogen (secondary N) is 1. The average molecular weight is 414 g/mol. The standard InChI is InChI=1S/C23H44N2O4/c1-6-7-8-9-10-11-12-13-14-15-17-25(4,5)18-20-29-23(27)24-16-19-28-22(26)21(2)3/h2,6-20H2,1,3-5H3/p+1. The summed E-state index contributed by atoms with van der Waals surface area (Å²) in [4.78, 5) is 22.9. The van der Waals surface area contributed by atoms with Crippen LogP contribution in [0.2, 0.25) is 0 Å². The maximum absolute atomic E-state index is 11.7. The van der Waals surface area contributed by atoms with E-state index >= 15 is 0 Å². The smallest absolute Gasteiger partial charge is 0.407 e. The zero-order valence-electron chi connectivity index (χ0n) is 19.4. The third kappa shape index (κ3) is 18.2. The summed E-state index contributed by atoms with van der Waals surface area (Å²) in [5.41, 5.74) is 0.343. The lowest BCUT2D eigenvalue weighted by molar-refractivity contribution is -0.890. The van der Waals surface area contributed by atoms with Crippen LogP contribution in [0.4, 0.5) is 4.79 Å². The summed E-state index contributed by atoms with van der Waals surface area (Å²) < 4.78 is 11.0. The second-order valence-corrected chi connectivity index (χ2v) is 8.54. The van der Waals surface area contributed by atoms with Crippen LogP contribution >= 0.6 is 0 Å². The second kappa shape index (κ2) is 17.3. The molecule has 170 valence electrons. The molecule has 29 heavy (non-hydrogen) atoms. The highest BCUT2D eigenvalue weighted by molar-refractivity contribution is 5.86. The molecule has 0 saturated carbocycles. The third-order valence-corrected chi connectivity index (χ3v) is 5.00. The summed E-state index contributed by atoms with van der Waals surface area (Å²) in [7, 11) is 4.35. The fourth-order valence-corrected chi connectivity index (χ4v) is 3.00. The summed E-state index contributed by atoms with van der Waals surface area (Å²) in [6.07, 6.45) is 12.9. The van der Waals surface area contributed by atoms with E-state index in [0.717, 1.165) is 17.6 Å². The number of alkyl carbamates (subject to hydrolysis) is 1. The fraction of sp³-hybridized carbons (Fsp3) is 0.826. The molecule has 1 N–H and O–H groups in total. The van der Waals surface area contributed by atoms with Crippen molar-refractivity contribution >= 4 is 12.1 Å². The molecule has 0 aromatic rings. The van der Waals surface area contributed by atoms with Crippen LogP contribution in [0.25, 0.3) is 0 Å². The molecule has 0 aliphatic carbocycles. The normalized spacial score (nSPS) is 11.2. The van der Waals surface area contributed by atoms with Gasteiger partial charge in [-0.3, -0.25) is 0 Å². The third-order valence-electron chi connectivity index (χ3n) is 5.00. The van der Waals surface area contributed by atoms with Crippen LogP contribution in [0.1, 0.15) is 78.1 Å². The minimum absolute atomic E-state index is 0.112. The van der Waals surface area contributed by atoms with E-state index in [2.05, 4.69) is 32.9 Å². The van der Waals surface area contributed by atoms with Gasteiger partial charge in [-0.1, -0.05) is 64.9 Å². The van der Waals surface area contributed by atoms with Gasteiger partial charge in [-0.05, 0) is 19.8 Å². The Balaban J connectivity index is 3.59. The Morgan fingerprint density at radius 2 is 1.38 bits per heavy atom. The van der Waals surface area contributed by atoms with E-state index in [-0.39, 0.29) is 13.2 Å². The number of amides is 1. The first-order chi connectivity index (χ1) is 13.8. The van der Waals surface area contributed by atoms with Crippen molar-refractivity contribution in [1.82, 2.24) is 5.32 Å². The molecule has 0 bridgehead atoms. The summed E-state index contributed by atoms with van der Waals surface area (Å²) in [5, 5.41) is 2.58. The number of unbranched alkanes of at least 4 members (excludes halogenated alkanes) is 9. The van der Waals surface area contributed by atoms with Crippen LogP contribution < -0.4 is 5.32 Å². The molecule has 0 aromatic carbocycles. The molecule has 0 saturated heterocycles. The van der Waals surface area contributed by atoms with Gasteiger partial charge >= 0.3 is 12.1 Å². The molecule has 0 atom stereocenters. The number of nitrogens with zero attached hydrogens (tertiary/aromatic N) is 1. The van der Waals surface area contributed by atoms with E-state index in [1.54, 1.807) is 6.92 Å². The lowest BCUT2D eigenvalue weighted by Crippen LogP contribution is -2.43. The number of likely N-dealkylation sites (N-methyl/N-ethyl adjacent to an activating group) is 1. The Hall–Kier alpha value is -1.56. The average Bonchev–Trinajstić information content (AvgIpc) is 2.66. The molecule has 6 nitrogen and oxygen atoms in total. The van der Waals surface area contributed by atoms with Crippen LogP contribution in [0.3, 0.4) is 0 Å². The second-order valence-electron chi connectivity index (χ2n) is 8.54. The van der Waals surface area contributed by atoms with Crippen LogP contribution in [-0.4, -0.2) is 63.5 Å². The zero-order valence-corrected chi connectivity index (χ0v) is 19.4. The maximum atomic E-state index is 11.7. The summed E-state index contributed by atoms with van der Waals surface area (Å²) in [5.74, 6) is -0.453. The van der Waals surface area contributed by atoms with Gasteiger partial charge in [-0.25, -0.2) is 9.59 Å². The molecule has 0 heterocycles. The van der Waals surface area contributed by atoms with Gasteiger partial charge in [0.1, 0.15) is 19.8 Å². The first kappa shape index (κ1) is 27.4. The Kier molecular flexibility index (Phi) is 16.4. The van der Waals surface area contributed by atoms with E-state index in [9.17, 15) is 9.59 Å². The van der Waals surface area contributed by atoms with Crippen LogP contribution in [0, 0.1) is 0 Å². The largest absolute Gasteiger partial charge is 0.460 e. The Bertz CT molecular complexity index is 464. The van der Waals surface area contributed by atoms with Crippen molar-refractivity contribution in [3.63, 3.8) is 0 Å². The molecule has 0 unspecified atom stereocenters. The first-order valence-electron chi connectivity index (χ1n) is 11.3. The van der Waals surface area contributed by atoms with Crippen molar-refractivity contribution in [2.45, 2.75) is 78.1 Å². The van der Waals surface area contributed by atoms with Gasteiger partial charge in [0.25, 0.3) is 0 Å². The molecular weight excluding hydrogens is 368 g/mol. The zero-order chi connectivity index (χ0) is 22.0. The van der Waals surface area contributed by atoms with E-state index in [0.29, 0.717) is 12.2 Å². The van der Waals surface area contributed by atoms with Gasteiger partial charge in [0.05, 0.1) is 27.2 Å². The monoisotopic (exact) mass is 413 g/mol. The van der Waals surface area contributed by atoms with Crippen LogP contribution in [0.15, 0.2) is 12.2 Å². The maximum Gasteiger partial charge on any atom is 0.407 e. The number of hydrogen-bond donors (Lipinski definition) is 1. The quantitative estimate of drug-likeness (QED) is 0.151. The minimum Gasteiger partial charge on any atom is -0.460 e. The molecular formula is C23H45N2O4+. The van der Waals surface area contributed by atoms with Gasteiger partial charge in [-0.15, -0.1) is 0 Å². The molecule has 0 spiro atoms. The lowest BCUT2D eigenvalue weighted by atomic mass is 10.1. The topological polar surface area (TPSA) is 64.6 Å². The van der Waals surface area contributed by atoms with Gasteiger partial charge in [-0.2, -0.15) is 0 Å². The Morgan fingerprint density at radius 3 is 1.93 bits per heavy atom. The molecule has 6 heteroatoms. The van der Waals surface area contributed by atoms with Crippen molar-refractivity contribution < 1.29 is 23.5 Å². The fourth-order valence-electron chi connectivity index (χ4n) is 3.00. The van der Waals surface area contributed by atoms with Crippen molar-refractivity contribution in [2.24, 2.45) is 0 Å². The van der Waals surface area contributed by atoms with Gasteiger partial charge in [0.15, 0.2) is 0 Å². The van der Waals surface area contributed by atoms with E-state index in [4.69, 9.17) is 9.47 Å². The van der Waals surface area contributed by atoms with Crippen LogP contribution in [-0.2, 0) is 14.3 Å². The number of hydrogen-bond acceptors (Lipinski definition) is 4. The lowest BCUT2D eigenvalue weighted by Gasteiger charge is -2.29. The van der Waals surface area contributed by atoms with Gasteiger partial charge in [0.2, 0.25) is 0 Å². The SMILES string of the molecule is C=C(C)C(=O)OCCNC(=O)OCC[N+](C)(C)CCCCCCCCCCCC. The first-order valence-corrected chi connectivity index (χ1v) is 11.3. The Morgan fingerprint density at radius 1 is 0.828 bits per heavy atom. The summed E-state index contributed by atoms with van der Waals surface area (Å²) >= 11 is 0. The minimum atomic E-state index is -0.477. The molecule has 0 aliphatic rings. The number of carbonyl (C=O) groups excluding carboxylic acids is 2. The van der Waals surface area contributed by atoms with Gasteiger partial charge in [0, 0.05) is 5.57 Å². The number of rotatable bonds is 18. The van der Waals surface area contributed by atoms with E-state index in [1.165, 1.54) is 64.2 Å². The highest BCUT2D eigenvalue weighted by Crippen LogP contribution is 2.11. The number of carbonyl (C=O) groups is 2. The van der Waals surface area contributed by atoms with Crippen molar-refractivity contribution in [3.05, 3.63) is 12.2 Å². The summed E-state index contributed by atoms with van der Waals surface area (Å²) in [6.45, 7) is 9.94. The Labute approximate surface area is 178 Å².